The lowest BCUT2D eigenvalue weighted by Gasteiger charge is -2.09. The zero-order chi connectivity index (χ0) is 21.1. The summed E-state index contributed by atoms with van der Waals surface area (Å²) < 4.78 is 34.3. The summed E-state index contributed by atoms with van der Waals surface area (Å²) in [7, 11) is -2.12. The molecule has 1 amide bonds. The van der Waals surface area contributed by atoms with Gasteiger partial charge in [0.2, 0.25) is 5.91 Å². The largest absolute Gasteiger partial charge is 0.496 e. The molecular weight excluding hydrogens is 436 g/mol. The minimum Gasteiger partial charge on any atom is -0.496 e. The van der Waals surface area contributed by atoms with Crippen molar-refractivity contribution in [3.63, 3.8) is 0 Å². The quantitative estimate of drug-likeness (QED) is 0.432. The van der Waals surface area contributed by atoms with Gasteiger partial charge in [-0.05, 0) is 42.5 Å². The van der Waals surface area contributed by atoms with Gasteiger partial charge >= 0.3 is 0 Å². The molecule has 0 aliphatic carbocycles. The highest BCUT2D eigenvalue weighted by molar-refractivity contribution is 7.93. The number of rotatable bonds is 7. The number of benzene rings is 2. The van der Waals surface area contributed by atoms with E-state index in [4.69, 9.17) is 4.74 Å². The molecule has 0 saturated heterocycles. The molecule has 0 fully saturated rings. The molecule has 0 saturated carbocycles. The number of hydrogen-bond acceptors (Lipinski definition) is 6. The first-order valence-electron chi connectivity index (χ1n) is 8.90. The van der Waals surface area contributed by atoms with E-state index in [1.54, 1.807) is 24.6 Å². The molecule has 2 heterocycles. The smallest absolute Gasteiger partial charge is 0.263 e. The maximum atomic E-state index is 12.5. The number of fused-ring (bicyclic) bond motifs is 1. The van der Waals surface area contributed by atoms with Crippen LogP contribution >= 0.6 is 11.3 Å². The van der Waals surface area contributed by atoms with E-state index in [9.17, 15) is 13.2 Å². The summed E-state index contributed by atoms with van der Waals surface area (Å²) in [6.07, 6.45) is 3.35. The molecule has 162 valence electrons. The average molecular weight is 459 g/mol. The summed E-state index contributed by atoms with van der Waals surface area (Å²) in [6.45, 7) is 0.113. The number of hydrogen-bond donors (Lipinski definition) is 2. The van der Waals surface area contributed by atoms with Gasteiger partial charge < -0.3 is 14.6 Å². The Hall–Kier alpha value is -3.37. The molecule has 0 unspecified atom stereocenters. The van der Waals surface area contributed by atoms with Crippen molar-refractivity contribution in [1.29, 1.82) is 0 Å². The summed E-state index contributed by atoms with van der Waals surface area (Å²) in [5, 5.41) is 5.68. The maximum absolute atomic E-state index is 12.5. The maximum Gasteiger partial charge on any atom is 0.263 e. The number of nitrogens with zero attached hydrogens (tertiary/aromatic N) is 2. The number of aromatic nitrogens is 2. The Kier molecular flexibility index (Phi) is 6.62. The number of anilines is 2. The highest BCUT2D eigenvalue weighted by Gasteiger charge is 2.16. The van der Waals surface area contributed by atoms with Gasteiger partial charge in [0, 0.05) is 28.8 Å². The predicted octanol–water partition coefficient (Wildman–Crippen LogP) is 4.18. The number of ether oxygens (including phenoxy) is 1. The van der Waals surface area contributed by atoms with Gasteiger partial charge in [0.1, 0.15) is 12.3 Å². The van der Waals surface area contributed by atoms with Gasteiger partial charge in [0.05, 0.1) is 17.5 Å². The van der Waals surface area contributed by atoms with Crippen molar-refractivity contribution >= 4 is 49.0 Å². The molecular formula is C21H22N4O4S2. The van der Waals surface area contributed by atoms with Gasteiger partial charge in [0.15, 0.2) is 5.13 Å². The van der Waals surface area contributed by atoms with Crippen LogP contribution in [0.25, 0.3) is 10.9 Å². The summed E-state index contributed by atoms with van der Waals surface area (Å²) in [5.41, 5.74) is 1.39. The standard InChI is InChI=1S/C20H18N4O4S2.CH4/c1-28-18-4-2-3-17-16(18)9-11-24(17)13-19(25)22-14-5-7-15(8-6-14)30(26,27)23-20-21-10-12-29-20;/h2-12H,13H2,1H3,(H,21,23)(H,22,25);1H4. The van der Waals surface area contributed by atoms with E-state index in [0.717, 1.165) is 16.7 Å². The topological polar surface area (TPSA) is 102 Å². The normalized spacial score (nSPS) is 11.0. The first kappa shape index (κ1) is 22.3. The van der Waals surface area contributed by atoms with Crippen LogP contribution in [0.1, 0.15) is 7.43 Å². The molecule has 0 atom stereocenters. The molecule has 4 rings (SSSR count). The Balaban J connectivity index is 0.00000272. The fourth-order valence-electron chi connectivity index (χ4n) is 3.03. The van der Waals surface area contributed by atoms with E-state index >= 15 is 0 Å². The molecule has 0 spiro atoms. The Morgan fingerprint density at radius 3 is 2.61 bits per heavy atom. The van der Waals surface area contributed by atoms with E-state index in [2.05, 4.69) is 15.0 Å². The second-order valence-electron chi connectivity index (χ2n) is 6.35. The van der Waals surface area contributed by atoms with E-state index < -0.39 is 10.0 Å². The lowest BCUT2D eigenvalue weighted by Crippen LogP contribution is -2.18. The van der Waals surface area contributed by atoms with E-state index in [1.807, 2.05) is 35.0 Å². The van der Waals surface area contributed by atoms with Crippen LogP contribution in [0.15, 0.2) is 71.2 Å². The summed E-state index contributed by atoms with van der Waals surface area (Å²) in [5.74, 6) is 0.515. The van der Waals surface area contributed by atoms with Gasteiger partial charge in [0.25, 0.3) is 10.0 Å². The second kappa shape index (κ2) is 9.19. The minimum atomic E-state index is -3.73. The van der Waals surface area contributed by atoms with Crippen LogP contribution in [0.4, 0.5) is 10.8 Å². The zero-order valence-corrected chi connectivity index (χ0v) is 17.5. The highest BCUT2D eigenvalue weighted by Crippen LogP contribution is 2.26. The molecule has 2 N–H and O–H groups in total. The van der Waals surface area contributed by atoms with Crippen molar-refractivity contribution in [2.75, 3.05) is 17.1 Å². The van der Waals surface area contributed by atoms with Crippen molar-refractivity contribution in [3.05, 3.63) is 66.3 Å². The van der Waals surface area contributed by atoms with E-state index in [0.29, 0.717) is 10.8 Å². The van der Waals surface area contributed by atoms with E-state index in [1.165, 1.54) is 29.7 Å². The molecule has 2 aromatic carbocycles. The first-order chi connectivity index (χ1) is 14.5. The van der Waals surface area contributed by atoms with Crippen LogP contribution in [0.5, 0.6) is 5.75 Å². The van der Waals surface area contributed by atoms with Gasteiger partial charge in [-0.15, -0.1) is 11.3 Å². The third-order valence-electron chi connectivity index (χ3n) is 4.41. The monoisotopic (exact) mass is 458 g/mol. The second-order valence-corrected chi connectivity index (χ2v) is 8.93. The predicted molar refractivity (Wildman–Crippen MR) is 123 cm³/mol. The van der Waals surface area contributed by atoms with Gasteiger partial charge in [-0.25, -0.2) is 13.4 Å². The summed E-state index contributed by atoms with van der Waals surface area (Å²) in [4.78, 5) is 16.5. The summed E-state index contributed by atoms with van der Waals surface area (Å²) >= 11 is 1.19. The average Bonchev–Trinajstić information content (AvgIpc) is 3.38. The Morgan fingerprint density at radius 2 is 1.94 bits per heavy atom. The van der Waals surface area contributed by atoms with Crippen LogP contribution in [0, 0.1) is 0 Å². The molecule has 0 bridgehead atoms. The van der Waals surface area contributed by atoms with Crippen LogP contribution in [-0.2, 0) is 21.4 Å². The third-order valence-corrected chi connectivity index (χ3v) is 6.58. The molecule has 0 aliphatic heterocycles. The van der Waals surface area contributed by atoms with Gasteiger partial charge in [-0.3, -0.25) is 9.52 Å². The minimum absolute atomic E-state index is 0. The number of carbonyl (C=O) groups excluding carboxylic acids is 1. The molecule has 31 heavy (non-hydrogen) atoms. The van der Waals surface area contributed by atoms with Crippen molar-refractivity contribution < 1.29 is 17.9 Å². The molecule has 0 aliphatic rings. The van der Waals surface area contributed by atoms with Crippen LogP contribution in [0.2, 0.25) is 0 Å². The number of methoxy groups -OCH3 is 1. The van der Waals surface area contributed by atoms with Crippen LogP contribution < -0.4 is 14.8 Å². The first-order valence-corrected chi connectivity index (χ1v) is 11.3. The number of amides is 1. The van der Waals surface area contributed by atoms with Crippen molar-refractivity contribution in [2.24, 2.45) is 0 Å². The SMILES string of the molecule is C.COc1cccc2c1ccn2CC(=O)Nc1ccc(S(=O)(=O)Nc2nccs2)cc1. The Bertz CT molecular complexity index is 1280. The fourth-order valence-corrected chi connectivity index (χ4v) is 4.82. The Labute approximate surface area is 184 Å². The lowest BCUT2D eigenvalue weighted by molar-refractivity contribution is -0.116. The number of carbonyl (C=O) groups is 1. The summed E-state index contributed by atoms with van der Waals surface area (Å²) in [6, 6.07) is 13.5. The molecule has 0 radical (unpaired) electrons. The molecule has 4 aromatic rings. The molecule has 8 nitrogen and oxygen atoms in total. The highest BCUT2D eigenvalue weighted by atomic mass is 32.2. The van der Waals surface area contributed by atoms with Crippen molar-refractivity contribution in [3.8, 4) is 5.75 Å². The Morgan fingerprint density at radius 1 is 1.16 bits per heavy atom. The number of nitrogens with one attached hydrogen (secondary N) is 2. The number of sulfonamides is 1. The fraction of sp³-hybridized carbons (Fsp3) is 0.143. The van der Waals surface area contributed by atoms with Crippen molar-refractivity contribution in [2.45, 2.75) is 18.9 Å². The molecule has 10 heteroatoms. The van der Waals surface area contributed by atoms with E-state index in [-0.39, 0.29) is 24.8 Å². The zero-order valence-electron chi connectivity index (χ0n) is 15.9. The number of thiazole rings is 1. The third kappa shape index (κ3) is 4.86. The van der Waals surface area contributed by atoms with Crippen LogP contribution in [-0.4, -0.2) is 31.0 Å². The van der Waals surface area contributed by atoms with Crippen LogP contribution in [0.3, 0.4) is 0 Å². The molecule has 2 aromatic heterocycles. The van der Waals surface area contributed by atoms with Gasteiger partial charge in [-0.1, -0.05) is 13.5 Å². The van der Waals surface area contributed by atoms with Crippen molar-refractivity contribution in [1.82, 2.24) is 9.55 Å². The lowest BCUT2D eigenvalue weighted by atomic mass is 10.2. The van der Waals surface area contributed by atoms with Gasteiger partial charge in [-0.2, -0.15) is 0 Å².